The van der Waals surface area contributed by atoms with Crippen LogP contribution in [0.3, 0.4) is 0 Å². The predicted octanol–water partition coefficient (Wildman–Crippen LogP) is 2.58. The summed E-state index contributed by atoms with van der Waals surface area (Å²) in [6.07, 6.45) is 1.60. The van der Waals surface area contributed by atoms with Gasteiger partial charge in [-0.2, -0.15) is 5.26 Å². The summed E-state index contributed by atoms with van der Waals surface area (Å²) in [7, 11) is 0. The third-order valence-electron chi connectivity index (χ3n) is 3.72. The Hall–Kier alpha value is -2.02. The highest BCUT2D eigenvalue weighted by atomic mass is 16.5. The Morgan fingerprint density at radius 1 is 1.45 bits per heavy atom. The molecule has 20 heavy (non-hydrogen) atoms. The summed E-state index contributed by atoms with van der Waals surface area (Å²) in [5, 5.41) is 8.85. The van der Waals surface area contributed by atoms with Crippen molar-refractivity contribution in [1.29, 1.82) is 5.26 Å². The monoisotopic (exact) mass is 272 g/mol. The summed E-state index contributed by atoms with van der Waals surface area (Å²) in [5.41, 5.74) is 0.536. The minimum absolute atomic E-state index is 0.0271. The van der Waals surface area contributed by atoms with Gasteiger partial charge in [0.25, 0.3) is 5.91 Å². The maximum Gasteiger partial charge on any atom is 0.263 e. The van der Waals surface area contributed by atoms with Crippen molar-refractivity contribution in [3.8, 4) is 11.8 Å². The van der Waals surface area contributed by atoms with Crippen molar-refractivity contribution in [3.05, 3.63) is 29.8 Å². The Kier molecular flexibility index (Phi) is 4.62. The second kappa shape index (κ2) is 6.42. The molecule has 0 N–H and O–H groups in total. The van der Waals surface area contributed by atoms with Crippen LogP contribution in [-0.2, 0) is 4.79 Å². The molecule has 4 heteroatoms. The van der Waals surface area contributed by atoms with Crippen molar-refractivity contribution in [3.63, 3.8) is 0 Å². The highest BCUT2D eigenvalue weighted by Crippen LogP contribution is 2.19. The van der Waals surface area contributed by atoms with Crippen LogP contribution in [0.4, 0.5) is 0 Å². The molecule has 0 bridgehead atoms. The number of hydrogen-bond acceptors (Lipinski definition) is 3. The van der Waals surface area contributed by atoms with Gasteiger partial charge in [0, 0.05) is 13.1 Å². The molecule has 1 fully saturated rings. The average Bonchev–Trinajstić information content (AvgIpc) is 2.47. The molecule has 0 aromatic heterocycles. The number of ether oxygens (including phenoxy) is 1. The van der Waals surface area contributed by atoms with Crippen LogP contribution in [0.5, 0.6) is 5.75 Å². The number of benzene rings is 1. The first-order valence-electron chi connectivity index (χ1n) is 7.05. The van der Waals surface area contributed by atoms with Crippen molar-refractivity contribution >= 4 is 5.91 Å². The summed E-state index contributed by atoms with van der Waals surface area (Å²) in [6, 6.07) is 8.96. The van der Waals surface area contributed by atoms with Gasteiger partial charge in [0.05, 0.1) is 11.6 Å². The molecule has 0 radical (unpaired) electrons. The van der Waals surface area contributed by atoms with Gasteiger partial charge in [0.2, 0.25) is 0 Å². The van der Waals surface area contributed by atoms with Crippen molar-refractivity contribution in [1.82, 2.24) is 4.90 Å². The van der Waals surface area contributed by atoms with Crippen LogP contribution in [0, 0.1) is 17.2 Å². The molecule has 0 saturated carbocycles. The molecular weight excluding hydrogens is 252 g/mol. The van der Waals surface area contributed by atoms with Crippen molar-refractivity contribution in [2.45, 2.75) is 32.8 Å². The number of carbonyl (C=O) groups is 1. The minimum Gasteiger partial charge on any atom is -0.481 e. The Morgan fingerprint density at radius 3 is 2.80 bits per heavy atom. The van der Waals surface area contributed by atoms with Crippen LogP contribution in [0.15, 0.2) is 24.3 Å². The number of nitriles is 1. The zero-order chi connectivity index (χ0) is 14.5. The molecule has 4 nitrogen and oxygen atoms in total. The lowest BCUT2D eigenvalue weighted by Crippen LogP contribution is -2.44. The molecule has 1 aromatic rings. The molecule has 1 atom stereocenters. The zero-order valence-corrected chi connectivity index (χ0v) is 12.0. The van der Waals surface area contributed by atoms with E-state index in [4.69, 9.17) is 10.00 Å². The molecule has 0 aliphatic carbocycles. The number of amides is 1. The molecular formula is C16H20N2O2. The summed E-state index contributed by atoms with van der Waals surface area (Å²) in [4.78, 5) is 14.2. The van der Waals surface area contributed by atoms with Crippen LogP contribution in [0.1, 0.15) is 32.3 Å². The topological polar surface area (TPSA) is 53.3 Å². The minimum atomic E-state index is -0.516. The van der Waals surface area contributed by atoms with Gasteiger partial charge in [-0.15, -0.1) is 0 Å². The Bertz CT molecular complexity index is 513. The molecule has 1 aliphatic rings. The Labute approximate surface area is 120 Å². The van der Waals surface area contributed by atoms with Crippen LogP contribution >= 0.6 is 0 Å². The van der Waals surface area contributed by atoms with E-state index in [2.05, 4.69) is 13.0 Å². The first-order valence-corrected chi connectivity index (χ1v) is 7.05. The van der Waals surface area contributed by atoms with E-state index in [-0.39, 0.29) is 5.91 Å². The quantitative estimate of drug-likeness (QED) is 0.849. The number of likely N-dealkylation sites (tertiary alicyclic amines) is 1. The smallest absolute Gasteiger partial charge is 0.263 e. The van der Waals surface area contributed by atoms with Crippen LogP contribution in [0.2, 0.25) is 0 Å². The van der Waals surface area contributed by atoms with Crippen LogP contribution < -0.4 is 4.74 Å². The lowest BCUT2D eigenvalue weighted by molar-refractivity contribution is -0.139. The van der Waals surface area contributed by atoms with E-state index in [1.54, 1.807) is 31.2 Å². The normalized spacial score (nSPS) is 17.4. The van der Waals surface area contributed by atoms with Gasteiger partial charge in [-0.25, -0.2) is 0 Å². The molecule has 1 aromatic carbocycles. The van der Waals surface area contributed by atoms with Gasteiger partial charge < -0.3 is 9.64 Å². The molecule has 1 unspecified atom stereocenters. The van der Waals surface area contributed by atoms with Gasteiger partial charge in [0.1, 0.15) is 5.75 Å². The van der Waals surface area contributed by atoms with Crippen LogP contribution in [0.25, 0.3) is 0 Å². The molecule has 0 spiro atoms. The molecule has 2 rings (SSSR count). The highest BCUT2D eigenvalue weighted by Gasteiger charge is 2.25. The predicted molar refractivity (Wildman–Crippen MR) is 76.2 cm³/mol. The van der Waals surface area contributed by atoms with E-state index in [0.717, 1.165) is 25.9 Å². The molecule has 106 valence electrons. The third-order valence-corrected chi connectivity index (χ3v) is 3.72. The van der Waals surface area contributed by atoms with Gasteiger partial charge >= 0.3 is 0 Å². The fourth-order valence-electron chi connectivity index (χ4n) is 2.38. The van der Waals surface area contributed by atoms with Gasteiger partial charge in [-0.3, -0.25) is 4.79 Å². The maximum atomic E-state index is 12.3. The number of piperidine rings is 1. The van der Waals surface area contributed by atoms with E-state index in [0.29, 0.717) is 17.2 Å². The van der Waals surface area contributed by atoms with E-state index >= 15 is 0 Å². The molecule has 1 aliphatic heterocycles. The first-order chi connectivity index (χ1) is 9.60. The van der Waals surface area contributed by atoms with Crippen molar-refractivity contribution in [2.75, 3.05) is 13.1 Å². The summed E-state index contributed by atoms with van der Waals surface area (Å²) < 4.78 is 5.66. The van der Waals surface area contributed by atoms with Gasteiger partial charge in [-0.1, -0.05) is 13.0 Å². The second-order valence-electron chi connectivity index (χ2n) is 5.41. The van der Waals surface area contributed by atoms with E-state index in [1.165, 1.54) is 0 Å². The number of rotatable bonds is 3. The van der Waals surface area contributed by atoms with Crippen molar-refractivity contribution in [2.24, 2.45) is 5.92 Å². The summed E-state index contributed by atoms with van der Waals surface area (Å²) in [5.74, 6) is 1.29. The van der Waals surface area contributed by atoms with Crippen LogP contribution in [-0.4, -0.2) is 30.0 Å². The number of nitrogens with zero attached hydrogens (tertiary/aromatic N) is 2. The third kappa shape index (κ3) is 3.51. The maximum absolute atomic E-state index is 12.3. The first kappa shape index (κ1) is 14.4. The lowest BCUT2D eigenvalue weighted by atomic mass is 9.99. The van der Waals surface area contributed by atoms with Gasteiger partial charge in [0.15, 0.2) is 6.10 Å². The van der Waals surface area contributed by atoms with E-state index in [1.807, 2.05) is 4.90 Å². The van der Waals surface area contributed by atoms with E-state index in [9.17, 15) is 4.79 Å². The average molecular weight is 272 g/mol. The fourth-order valence-corrected chi connectivity index (χ4v) is 2.38. The standard InChI is InChI=1S/C16H20N2O2/c1-12-6-8-18(9-7-12)16(19)13(2)20-15-5-3-4-14(10-15)11-17/h3-5,10,12-13H,6-9H2,1-2H3. The zero-order valence-electron chi connectivity index (χ0n) is 12.0. The summed E-state index contributed by atoms with van der Waals surface area (Å²) >= 11 is 0. The molecule has 1 heterocycles. The van der Waals surface area contributed by atoms with Gasteiger partial charge in [-0.05, 0) is 43.9 Å². The molecule has 1 amide bonds. The Morgan fingerprint density at radius 2 is 2.15 bits per heavy atom. The Balaban J connectivity index is 1.95. The SMILES string of the molecule is CC1CCN(C(=O)C(C)Oc2cccc(C#N)c2)CC1. The van der Waals surface area contributed by atoms with Crippen molar-refractivity contribution < 1.29 is 9.53 Å². The second-order valence-corrected chi connectivity index (χ2v) is 5.41. The number of hydrogen-bond donors (Lipinski definition) is 0. The largest absolute Gasteiger partial charge is 0.481 e. The van der Waals surface area contributed by atoms with E-state index < -0.39 is 6.10 Å². The highest BCUT2D eigenvalue weighted by molar-refractivity contribution is 5.81. The lowest BCUT2D eigenvalue weighted by Gasteiger charge is -2.32. The fraction of sp³-hybridized carbons (Fsp3) is 0.500. The molecule has 1 saturated heterocycles. The summed E-state index contributed by atoms with van der Waals surface area (Å²) in [6.45, 7) is 5.60. The number of carbonyl (C=O) groups excluding carboxylic acids is 1.